The van der Waals surface area contributed by atoms with Crippen LogP contribution in [0.1, 0.15) is 30.7 Å². The molecule has 0 radical (unpaired) electrons. The Labute approximate surface area is 120 Å². The molecule has 0 spiro atoms. The van der Waals surface area contributed by atoms with Gasteiger partial charge in [0.05, 0.1) is 10.7 Å². The fraction of sp³-hybridized carbons (Fsp3) is 0.308. The van der Waals surface area contributed by atoms with Gasteiger partial charge in [-0.2, -0.15) is 5.10 Å². The van der Waals surface area contributed by atoms with Crippen molar-refractivity contribution in [2.24, 2.45) is 0 Å². The Hall–Kier alpha value is -0.840. The predicted octanol–water partition coefficient (Wildman–Crippen LogP) is 3.79. The van der Waals surface area contributed by atoms with Gasteiger partial charge in [-0.15, -0.1) is 0 Å². The van der Waals surface area contributed by atoms with Gasteiger partial charge in [-0.25, -0.2) is 0 Å². The van der Waals surface area contributed by atoms with Crippen LogP contribution in [-0.2, 0) is 6.54 Å². The van der Waals surface area contributed by atoms with Crippen LogP contribution in [0.25, 0.3) is 0 Å². The number of benzene rings is 1. The second-order valence-electron chi connectivity index (χ2n) is 4.06. The van der Waals surface area contributed by atoms with Crippen LogP contribution in [0.5, 0.6) is 0 Å². The normalized spacial score (nSPS) is 12.7. The third kappa shape index (κ3) is 2.76. The highest BCUT2D eigenvalue weighted by molar-refractivity contribution is 9.10. The molecule has 1 aromatic carbocycles. The van der Waals surface area contributed by atoms with Crippen LogP contribution >= 0.6 is 27.5 Å². The van der Waals surface area contributed by atoms with Crippen molar-refractivity contribution in [2.75, 3.05) is 0 Å². The van der Waals surface area contributed by atoms with E-state index in [0.29, 0.717) is 5.02 Å². The fourth-order valence-electron chi connectivity index (χ4n) is 1.83. The first-order chi connectivity index (χ1) is 8.63. The number of aliphatic hydroxyl groups excluding tert-OH is 1. The van der Waals surface area contributed by atoms with Crippen LogP contribution in [0, 0.1) is 0 Å². The zero-order chi connectivity index (χ0) is 13.1. The Kier molecular flexibility index (Phi) is 4.43. The highest BCUT2D eigenvalue weighted by atomic mass is 79.9. The summed E-state index contributed by atoms with van der Waals surface area (Å²) in [5.41, 5.74) is 1.59. The molecule has 1 atom stereocenters. The van der Waals surface area contributed by atoms with Crippen molar-refractivity contribution in [2.45, 2.75) is 26.0 Å². The standard InChI is InChI=1S/C13H14BrClN2O/c1-2-7-17-12(5-6-16-17)13(18)9-3-4-11(15)10(14)8-9/h3-6,8,13,18H,2,7H2,1H3. The quantitative estimate of drug-likeness (QED) is 0.926. The molecule has 0 saturated heterocycles. The van der Waals surface area contributed by atoms with E-state index in [4.69, 9.17) is 11.6 Å². The summed E-state index contributed by atoms with van der Waals surface area (Å²) in [6.45, 7) is 2.88. The van der Waals surface area contributed by atoms with Crippen molar-refractivity contribution < 1.29 is 5.11 Å². The molecule has 5 heteroatoms. The van der Waals surface area contributed by atoms with Crippen molar-refractivity contribution in [3.05, 3.63) is 51.2 Å². The number of aliphatic hydroxyl groups is 1. The molecule has 2 aromatic rings. The molecule has 1 N–H and O–H groups in total. The molecule has 2 rings (SSSR count). The van der Waals surface area contributed by atoms with Crippen molar-refractivity contribution >= 4 is 27.5 Å². The van der Waals surface area contributed by atoms with E-state index in [0.717, 1.165) is 28.7 Å². The number of rotatable bonds is 4. The summed E-state index contributed by atoms with van der Waals surface area (Å²) >= 11 is 9.31. The number of nitrogens with zero attached hydrogens (tertiary/aromatic N) is 2. The van der Waals surface area contributed by atoms with Crippen LogP contribution in [0.15, 0.2) is 34.9 Å². The second kappa shape index (κ2) is 5.87. The first-order valence-electron chi connectivity index (χ1n) is 5.78. The van der Waals surface area contributed by atoms with Gasteiger partial charge >= 0.3 is 0 Å². The van der Waals surface area contributed by atoms with Gasteiger partial charge < -0.3 is 5.11 Å². The predicted molar refractivity (Wildman–Crippen MR) is 75.7 cm³/mol. The van der Waals surface area contributed by atoms with Gasteiger partial charge in [0.2, 0.25) is 0 Å². The Balaban J connectivity index is 2.32. The van der Waals surface area contributed by atoms with Crippen molar-refractivity contribution in [1.82, 2.24) is 9.78 Å². The number of hydrogen-bond donors (Lipinski definition) is 1. The van der Waals surface area contributed by atoms with Crippen molar-refractivity contribution in [3.63, 3.8) is 0 Å². The van der Waals surface area contributed by atoms with Gasteiger partial charge in [-0.3, -0.25) is 4.68 Å². The highest BCUT2D eigenvalue weighted by Gasteiger charge is 2.15. The van der Waals surface area contributed by atoms with E-state index in [1.165, 1.54) is 0 Å². The molecule has 0 saturated carbocycles. The minimum absolute atomic E-state index is 0.632. The molecule has 1 unspecified atom stereocenters. The average molecular weight is 330 g/mol. The molecule has 0 aliphatic heterocycles. The maximum Gasteiger partial charge on any atom is 0.121 e. The third-order valence-corrected chi connectivity index (χ3v) is 3.94. The molecule has 18 heavy (non-hydrogen) atoms. The summed E-state index contributed by atoms with van der Waals surface area (Å²) in [5.74, 6) is 0. The van der Waals surface area contributed by atoms with Gasteiger partial charge in [0, 0.05) is 17.2 Å². The van der Waals surface area contributed by atoms with E-state index in [2.05, 4.69) is 28.0 Å². The Bertz CT molecular complexity index is 542. The van der Waals surface area contributed by atoms with Gasteiger partial charge in [0.15, 0.2) is 0 Å². The first-order valence-corrected chi connectivity index (χ1v) is 6.95. The lowest BCUT2D eigenvalue weighted by molar-refractivity contribution is 0.207. The van der Waals surface area contributed by atoms with Crippen LogP contribution in [-0.4, -0.2) is 14.9 Å². The van der Waals surface area contributed by atoms with Crippen molar-refractivity contribution in [3.8, 4) is 0 Å². The maximum absolute atomic E-state index is 10.4. The van der Waals surface area contributed by atoms with E-state index in [1.807, 2.05) is 22.9 Å². The van der Waals surface area contributed by atoms with Crippen molar-refractivity contribution in [1.29, 1.82) is 0 Å². The summed E-state index contributed by atoms with van der Waals surface area (Å²) in [4.78, 5) is 0. The highest BCUT2D eigenvalue weighted by Crippen LogP contribution is 2.29. The minimum atomic E-state index is -0.687. The SMILES string of the molecule is CCCn1nccc1C(O)c1ccc(Cl)c(Br)c1. The van der Waals surface area contributed by atoms with Crippen LogP contribution in [0.4, 0.5) is 0 Å². The summed E-state index contributed by atoms with van der Waals surface area (Å²) in [6.07, 6.45) is 2.00. The topological polar surface area (TPSA) is 38.0 Å². The summed E-state index contributed by atoms with van der Waals surface area (Å²) < 4.78 is 2.61. The Morgan fingerprint density at radius 1 is 1.44 bits per heavy atom. The van der Waals surface area contributed by atoms with Gasteiger partial charge in [0.1, 0.15) is 6.10 Å². The molecule has 0 fully saturated rings. The molecule has 0 aliphatic carbocycles. The van der Waals surface area contributed by atoms with E-state index in [9.17, 15) is 5.11 Å². The van der Waals surface area contributed by atoms with E-state index >= 15 is 0 Å². The molecule has 1 heterocycles. The molecule has 1 aromatic heterocycles. The fourth-order valence-corrected chi connectivity index (χ4v) is 2.34. The minimum Gasteiger partial charge on any atom is -0.382 e. The zero-order valence-electron chi connectivity index (χ0n) is 9.98. The lowest BCUT2D eigenvalue weighted by Gasteiger charge is -2.14. The third-order valence-electron chi connectivity index (χ3n) is 2.72. The van der Waals surface area contributed by atoms with E-state index < -0.39 is 6.10 Å². The number of aryl methyl sites for hydroxylation is 1. The zero-order valence-corrected chi connectivity index (χ0v) is 12.3. The number of aromatic nitrogens is 2. The number of hydrogen-bond acceptors (Lipinski definition) is 2. The molecule has 0 aliphatic rings. The molecule has 0 bridgehead atoms. The molecule has 96 valence electrons. The number of halogens is 2. The summed E-state index contributed by atoms with van der Waals surface area (Å²) in [5, 5.41) is 15.2. The molecule has 3 nitrogen and oxygen atoms in total. The average Bonchev–Trinajstić information content (AvgIpc) is 2.80. The Morgan fingerprint density at radius 3 is 2.89 bits per heavy atom. The van der Waals surface area contributed by atoms with Gasteiger partial charge in [-0.1, -0.05) is 24.6 Å². The molecule has 0 amide bonds. The van der Waals surface area contributed by atoms with E-state index in [-0.39, 0.29) is 0 Å². The lowest BCUT2D eigenvalue weighted by Crippen LogP contribution is -2.10. The maximum atomic E-state index is 10.4. The summed E-state index contributed by atoms with van der Waals surface area (Å²) in [7, 11) is 0. The second-order valence-corrected chi connectivity index (χ2v) is 5.32. The molecular formula is C13H14BrClN2O. The first kappa shape index (κ1) is 13.6. The molecular weight excluding hydrogens is 316 g/mol. The van der Waals surface area contributed by atoms with Crippen LogP contribution < -0.4 is 0 Å². The summed E-state index contributed by atoms with van der Waals surface area (Å²) in [6, 6.07) is 7.25. The van der Waals surface area contributed by atoms with Crippen LogP contribution in [0.3, 0.4) is 0 Å². The van der Waals surface area contributed by atoms with E-state index in [1.54, 1.807) is 12.3 Å². The lowest BCUT2D eigenvalue weighted by atomic mass is 10.1. The monoisotopic (exact) mass is 328 g/mol. The van der Waals surface area contributed by atoms with Gasteiger partial charge in [0.25, 0.3) is 0 Å². The van der Waals surface area contributed by atoms with Crippen LogP contribution in [0.2, 0.25) is 5.02 Å². The largest absolute Gasteiger partial charge is 0.382 e. The smallest absolute Gasteiger partial charge is 0.121 e. The van der Waals surface area contributed by atoms with Gasteiger partial charge in [-0.05, 0) is 46.1 Å². The Morgan fingerprint density at radius 2 is 2.22 bits per heavy atom.